The van der Waals surface area contributed by atoms with Crippen molar-refractivity contribution in [2.24, 2.45) is 0 Å². The standard InChI is InChI=1S/C58H34N2O/c1-2-13-36-32-40(26-24-35(36)12-1)60-53-30-28-47-46-20-8-10-23-54(46)61-58(47)56(53)49-29-31-52-55(57(49)60)48-21-7-9-22-51(48)59(52)39-15-11-14-37(33-39)38-25-27-45-43-18-4-3-16-41(43)42-17-5-6-19-44(42)50(45)34-38/h1-34H. The molecule has 14 aromatic rings. The van der Waals surface area contributed by atoms with Crippen LogP contribution in [0.4, 0.5) is 0 Å². The largest absolute Gasteiger partial charge is 0.455 e. The van der Waals surface area contributed by atoms with Crippen LogP contribution in [0.25, 0.3) is 131 Å². The zero-order valence-corrected chi connectivity index (χ0v) is 32.9. The molecule has 0 saturated carbocycles. The molecule has 0 fully saturated rings. The molecule has 14 rings (SSSR count). The van der Waals surface area contributed by atoms with Crippen molar-refractivity contribution in [3.05, 3.63) is 206 Å². The number of furan rings is 1. The Labute approximate surface area is 349 Å². The molecule has 0 saturated heterocycles. The van der Waals surface area contributed by atoms with Crippen molar-refractivity contribution in [1.29, 1.82) is 0 Å². The molecule has 0 aliphatic carbocycles. The van der Waals surface area contributed by atoms with E-state index < -0.39 is 0 Å². The van der Waals surface area contributed by atoms with Gasteiger partial charge in [0.1, 0.15) is 11.2 Å². The topological polar surface area (TPSA) is 23.0 Å². The van der Waals surface area contributed by atoms with Crippen LogP contribution in [-0.4, -0.2) is 9.13 Å². The van der Waals surface area contributed by atoms with Crippen molar-refractivity contribution < 1.29 is 4.42 Å². The highest BCUT2D eigenvalue weighted by atomic mass is 16.3. The third-order valence-electron chi connectivity index (χ3n) is 13.2. The third kappa shape index (κ3) is 4.52. The van der Waals surface area contributed by atoms with E-state index in [4.69, 9.17) is 4.42 Å². The van der Waals surface area contributed by atoms with Gasteiger partial charge in [-0.1, -0.05) is 140 Å². The SMILES string of the molecule is c1cc(-c2ccc3c4ccccc4c4ccccc4c3c2)cc(-n2c3ccccc3c3c2ccc2c4c5oc6ccccc6c5ccc4n(-c4ccc5ccccc5c4)c23)c1. The molecule has 282 valence electrons. The zero-order chi connectivity index (χ0) is 39.8. The highest BCUT2D eigenvalue weighted by Crippen LogP contribution is 2.46. The number of nitrogens with zero attached hydrogens (tertiary/aromatic N) is 2. The quantitative estimate of drug-likeness (QED) is 0.164. The molecule has 0 unspecified atom stereocenters. The smallest absolute Gasteiger partial charge is 0.145 e. The Morgan fingerprint density at radius 2 is 0.885 bits per heavy atom. The summed E-state index contributed by atoms with van der Waals surface area (Å²) in [6.45, 7) is 0. The van der Waals surface area contributed by atoms with Gasteiger partial charge in [0.05, 0.1) is 27.5 Å². The van der Waals surface area contributed by atoms with E-state index >= 15 is 0 Å². The molecule has 3 heterocycles. The number of fused-ring (bicyclic) bond motifs is 18. The molecule has 3 heteroatoms. The normalized spacial score (nSPS) is 12.3. The average molecular weight is 775 g/mol. The number of para-hydroxylation sites is 2. The van der Waals surface area contributed by atoms with Gasteiger partial charge in [-0.05, 0) is 121 Å². The maximum absolute atomic E-state index is 6.78. The second-order valence-electron chi connectivity index (χ2n) is 16.4. The maximum atomic E-state index is 6.78. The molecule has 0 N–H and O–H groups in total. The van der Waals surface area contributed by atoms with Gasteiger partial charge in [0.25, 0.3) is 0 Å². The molecular weight excluding hydrogens is 741 g/mol. The van der Waals surface area contributed by atoms with Gasteiger partial charge in [-0.3, -0.25) is 0 Å². The van der Waals surface area contributed by atoms with E-state index in [1.807, 2.05) is 0 Å². The van der Waals surface area contributed by atoms with E-state index in [1.165, 1.54) is 81.4 Å². The van der Waals surface area contributed by atoms with Crippen LogP contribution in [0.5, 0.6) is 0 Å². The van der Waals surface area contributed by atoms with Crippen molar-refractivity contribution in [3.8, 4) is 22.5 Å². The first-order chi connectivity index (χ1) is 30.3. The molecule has 61 heavy (non-hydrogen) atoms. The first-order valence-electron chi connectivity index (χ1n) is 21.0. The van der Waals surface area contributed by atoms with Crippen molar-refractivity contribution in [2.75, 3.05) is 0 Å². The molecule has 0 bridgehead atoms. The van der Waals surface area contributed by atoms with Gasteiger partial charge in [0.2, 0.25) is 0 Å². The van der Waals surface area contributed by atoms with Crippen LogP contribution >= 0.6 is 0 Å². The fourth-order valence-corrected chi connectivity index (χ4v) is 10.6. The van der Waals surface area contributed by atoms with E-state index in [-0.39, 0.29) is 0 Å². The Balaban J connectivity index is 1.05. The molecule has 0 spiro atoms. The Morgan fingerprint density at radius 3 is 1.69 bits per heavy atom. The van der Waals surface area contributed by atoms with Crippen LogP contribution in [0.3, 0.4) is 0 Å². The second kappa shape index (κ2) is 12.2. The van der Waals surface area contributed by atoms with Crippen molar-refractivity contribution >= 4 is 109 Å². The van der Waals surface area contributed by atoms with E-state index in [9.17, 15) is 0 Å². The van der Waals surface area contributed by atoms with Crippen molar-refractivity contribution in [1.82, 2.24) is 9.13 Å². The summed E-state index contributed by atoms with van der Waals surface area (Å²) in [7, 11) is 0. The summed E-state index contributed by atoms with van der Waals surface area (Å²) < 4.78 is 11.7. The van der Waals surface area contributed by atoms with E-state index in [0.29, 0.717) is 0 Å². The first kappa shape index (κ1) is 32.8. The minimum atomic E-state index is 0.905. The summed E-state index contributed by atoms with van der Waals surface area (Å²) >= 11 is 0. The summed E-state index contributed by atoms with van der Waals surface area (Å²) in [4.78, 5) is 0. The third-order valence-corrected chi connectivity index (χ3v) is 13.2. The lowest BCUT2D eigenvalue weighted by atomic mass is 9.92. The van der Waals surface area contributed by atoms with Gasteiger partial charge in [0.15, 0.2) is 0 Å². The molecular formula is C58H34N2O. The van der Waals surface area contributed by atoms with Crippen LogP contribution in [0.15, 0.2) is 211 Å². The second-order valence-corrected chi connectivity index (χ2v) is 16.4. The van der Waals surface area contributed by atoms with E-state index in [2.05, 4.69) is 215 Å². The number of hydrogen-bond acceptors (Lipinski definition) is 1. The van der Waals surface area contributed by atoms with Crippen LogP contribution in [0.2, 0.25) is 0 Å². The van der Waals surface area contributed by atoms with E-state index in [1.54, 1.807) is 0 Å². The van der Waals surface area contributed by atoms with Gasteiger partial charge in [-0.15, -0.1) is 0 Å². The van der Waals surface area contributed by atoms with Crippen molar-refractivity contribution in [2.45, 2.75) is 0 Å². The van der Waals surface area contributed by atoms with E-state index in [0.717, 1.165) is 49.7 Å². The number of aromatic nitrogens is 2. The van der Waals surface area contributed by atoms with Gasteiger partial charge in [0, 0.05) is 38.3 Å². The number of benzene rings is 11. The molecule has 0 atom stereocenters. The van der Waals surface area contributed by atoms with Crippen LogP contribution in [-0.2, 0) is 0 Å². The summed E-state index contributed by atoms with van der Waals surface area (Å²) in [5.41, 5.74) is 11.1. The molecule has 11 aromatic carbocycles. The average Bonchev–Trinajstić information content (AvgIpc) is 3.99. The molecule has 0 aliphatic heterocycles. The Hall–Kier alpha value is -8.14. The fourth-order valence-electron chi connectivity index (χ4n) is 10.6. The zero-order valence-electron chi connectivity index (χ0n) is 32.9. The molecule has 0 amide bonds. The highest BCUT2D eigenvalue weighted by Gasteiger charge is 2.24. The summed E-state index contributed by atoms with van der Waals surface area (Å²) in [5.74, 6) is 0. The predicted octanol–water partition coefficient (Wildman–Crippen LogP) is 16.1. The monoisotopic (exact) mass is 774 g/mol. The number of hydrogen-bond donors (Lipinski definition) is 0. The Bertz CT molecular complexity index is 4140. The summed E-state index contributed by atoms with van der Waals surface area (Å²) in [6, 6.07) is 75.6. The minimum absolute atomic E-state index is 0.905. The van der Waals surface area contributed by atoms with Gasteiger partial charge in [-0.2, -0.15) is 0 Å². The van der Waals surface area contributed by atoms with Crippen LogP contribution in [0.1, 0.15) is 0 Å². The maximum Gasteiger partial charge on any atom is 0.145 e. The Kier molecular flexibility index (Phi) is 6.56. The van der Waals surface area contributed by atoms with Crippen LogP contribution in [0, 0.1) is 0 Å². The fraction of sp³-hybridized carbons (Fsp3) is 0. The van der Waals surface area contributed by atoms with Crippen LogP contribution < -0.4 is 0 Å². The molecule has 3 nitrogen and oxygen atoms in total. The Morgan fingerprint density at radius 1 is 0.295 bits per heavy atom. The molecule has 3 aromatic heterocycles. The lowest BCUT2D eigenvalue weighted by Gasteiger charge is -2.13. The van der Waals surface area contributed by atoms with Gasteiger partial charge < -0.3 is 13.6 Å². The summed E-state index contributed by atoms with van der Waals surface area (Å²) in [5, 5.41) is 17.1. The number of rotatable bonds is 3. The lowest BCUT2D eigenvalue weighted by Crippen LogP contribution is -1.96. The lowest BCUT2D eigenvalue weighted by molar-refractivity contribution is 0.673. The minimum Gasteiger partial charge on any atom is -0.455 e. The molecule has 0 aliphatic rings. The van der Waals surface area contributed by atoms with Gasteiger partial charge in [-0.25, -0.2) is 0 Å². The van der Waals surface area contributed by atoms with Gasteiger partial charge >= 0.3 is 0 Å². The highest BCUT2D eigenvalue weighted by molar-refractivity contribution is 6.31. The predicted molar refractivity (Wildman–Crippen MR) is 258 cm³/mol. The summed E-state index contributed by atoms with van der Waals surface area (Å²) in [6.07, 6.45) is 0. The first-order valence-corrected chi connectivity index (χ1v) is 21.0. The molecule has 0 radical (unpaired) electrons. The van der Waals surface area contributed by atoms with Crippen molar-refractivity contribution in [3.63, 3.8) is 0 Å².